The molecule has 1 saturated heterocycles. The second kappa shape index (κ2) is 6.59. The number of methoxy groups -OCH3 is 1. The normalized spacial score (nSPS) is 29.1. The van der Waals surface area contributed by atoms with Crippen molar-refractivity contribution in [1.82, 2.24) is 4.90 Å². The van der Waals surface area contributed by atoms with Crippen LogP contribution in [0, 0.1) is 11.8 Å². The third kappa shape index (κ3) is 3.33. The molecule has 20 heavy (non-hydrogen) atoms. The van der Waals surface area contributed by atoms with E-state index in [0.29, 0.717) is 24.4 Å². The molecule has 1 fully saturated rings. The number of aliphatic hydroxyl groups excluding tert-OH is 1. The van der Waals surface area contributed by atoms with Crippen LogP contribution < -0.4 is 4.74 Å². The van der Waals surface area contributed by atoms with Gasteiger partial charge in [0.15, 0.2) is 0 Å². The van der Waals surface area contributed by atoms with Crippen molar-refractivity contribution in [1.29, 1.82) is 0 Å². The van der Waals surface area contributed by atoms with Crippen LogP contribution in [0.15, 0.2) is 24.3 Å². The molecule has 3 heteroatoms. The van der Waals surface area contributed by atoms with Crippen LogP contribution in [0.1, 0.15) is 38.9 Å². The monoisotopic (exact) mass is 277 g/mol. The minimum absolute atomic E-state index is 0.494. The van der Waals surface area contributed by atoms with Crippen LogP contribution in [0.25, 0.3) is 0 Å². The van der Waals surface area contributed by atoms with Crippen LogP contribution in [0.5, 0.6) is 5.75 Å². The molecule has 0 spiro atoms. The SMILES string of the molecule is COc1ccccc1C(O)CN1CC(C)CC(C)C1C. The molecule has 1 N–H and O–H groups in total. The van der Waals surface area contributed by atoms with Crippen LogP contribution in [0.4, 0.5) is 0 Å². The molecule has 1 heterocycles. The van der Waals surface area contributed by atoms with E-state index in [0.717, 1.165) is 17.9 Å². The molecule has 1 aromatic rings. The zero-order valence-electron chi connectivity index (χ0n) is 13.0. The van der Waals surface area contributed by atoms with Gasteiger partial charge < -0.3 is 9.84 Å². The highest BCUT2D eigenvalue weighted by Crippen LogP contribution is 2.30. The Morgan fingerprint density at radius 3 is 2.70 bits per heavy atom. The number of benzene rings is 1. The van der Waals surface area contributed by atoms with Crippen molar-refractivity contribution in [3.05, 3.63) is 29.8 Å². The first-order valence-electron chi connectivity index (χ1n) is 7.58. The van der Waals surface area contributed by atoms with Gasteiger partial charge in [0.05, 0.1) is 13.2 Å². The third-order valence-electron chi connectivity index (χ3n) is 4.63. The number of piperidine rings is 1. The highest BCUT2D eigenvalue weighted by Gasteiger charge is 2.30. The number of nitrogens with zero attached hydrogens (tertiary/aromatic N) is 1. The van der Waals surface area contributed by atoms with E-state index in [-0.39, 0.29) is 0 Å². The summed E-state index contributed by atoms with van der Waals surface area (Å²) >= 11 is 0. The molecule has 0 aromatic heterocycles. The number of rotatable bonds is 4. The highest BCUT2D eigenvalue weighted by atomic mass is 16.5. The Hall–Kier alpha value is -1.06. The van der Waals surface area contributed by atoms with Gasteiger partial charge in [0, 0.05) is 24.7 Å². The first-order chi connectivity index (χ1) is 9.52. The van der Waals surface area contributed by atoms with Gasteiger partial charge in [-0.2, -0.15) is 0 Å². The van der Waals surface area contributed by atoms with Gasteiger partial charge in [-0.15, -0.1) is 0 Å². The molecule has 4 unspecified atom stereocenters. The topological polar surface area (TPSA) is 32.7 Å². The van der Waals surface area contributed by atoms with Gasteiger partial charge in [-0.1, -0.05) is 32.0 Å². The Balaban J connectivity index is 2.08. The molecule has 4 atom stereocenters. The molecule has 0 saturated carbocycles. The first-order valence-corrected chi connectivity index (χ1v) is 7.58. The zero-order chi connectivity index (χ0) is 14.7. The molecular formula is C17H27NO2. The van der Waals surface area contributed by atoms with E-state index in [9.17, 15) is 5.11 Å². The Kier molecular flexibility index (Phi) is 5.06. The molecule has 1 aliphatic heterocycles. The van der Waals surface area contributed by atoms with E-state index in [4.69, 9.17) is 4.74 Å². The summed E-state index contributed by atoms with van der Waals surface area (Å²) in [6.07, 6.45) is 0.786. The predicted molar refractivity (Wildman–Crippen MR) is 81.9 cm³/mol. The highest BCUT2D eigenvalue weighted by molar-refractivity contribution is 5.35. The summed E-state index contributed by atoms with van der Waals surface area (Å²) in [6.45, 7) is 8.62. The minimum Gasteiger partial charge on any atom is -0.496 e. The van der Waals surface area contributed by atoms with Gasteiger partial charge in [-0.05, 0) is 31.2 Å². The summed E-state index contributed by atoms with van der Waals surface area (Å²) < 4.78 is 5.35. The fraction of sp³-hybridized carbons (Fsp3) is 0.647. The minimum atomic E-state index is -0.494. The van der Waals surface area contributed by atoms with Crippen molar-refractivity contribution in [2.24, 2.45) is 11.8 Å². The average molecular weight is 277 g/mol. The Morgan fingerprint density at radius 1 is 1.30 bits per heavy atom. The number of ether oxygens (including phenoxy) is 1. The summed E-state index contributed by atoms with van der Waals surface area (Å²) in [7, 11) is 1.65. The molecule has 3 nitrogen and oxygen atoms in total. The molecule has 0 bridgehead atoms. The fourth-order valence-corrected chi connectivity index (χ4v) is 3.34. The number of likely N-dealkylation sites (tertiary alicyclic amines) is 1. The van der Waals surface area contributed by atoms with E-state index in [2.05, 4.69) is 25.7 Å². The van der Waals surface area contributed by atoms with Crippen molar-refractivity contribution in [3.63, 3.8) is 0 Å². The standard InChI is InChI=1S/C17H27NO2/c1-12-9-13(2)14(3)18(10-12)11-16(19)15-7-5-6-8-17(15)20-4/h5-8,12-14,16,19H,9-11H2,1-4H3. The molecular weight excluding hydrogens is 250 g/mol. The van der Waals surface area contributed by atoms with Crippen LogP contribution in [-0.4, -0.2) is 36.2 Å². The first kappa shape index (κ1) is 15.3. The molecule has 112 valence electrons. The number of hydrogen-bond acceptors (Lipinski definition) is 3. The molecule has 0 aliphatic carbocycles. The average Bonchev–Trinajstić information content (AvgIpc) is 2.44. The van der Waals surface area contributed by atoms with Gasteiger partial charge in [0.25, 0.3) is 0 Å². The Bertz CT molecular complexity index is 435. The van der Waals surface area contributed by atoms with Crippen molar-refractivity contribution in [3.8, 4) is 5.75 Å². The van der Waals surface area contributed by atoms with Crippen molar-refractivity contribution >= 4 is 0 Å². The smallest absolute Gasteiger partial charge is 0.124 e. The second-order valence-corrected chi connectivity index (χ2v) is 6.27. The van der Waals surface area contributed by atoms with E-state index in [1.807, 2.05) is 24.3 Å². The van der Waals surface area contributed by atoms with Crippen molar-refractivity contribution in [2.75, 3.05) is 20.2 Å². The molecule has 1 aliphatic rings. The quantitative estimate of drug-likeness (QED) is 0.918. The van der Waals surface area contributed by atoms with E-state index < -0.39 is 6.10 Å². The lowest BCUT2D eigenvalue weighted by Gasteiger charge is -2.42. The van der Waals surface area contributed by atoms with Crippen LogP contribution in [0.2, 0.25) is 0 Å². The summed E-state index contributed by atoms with van der Waals surface area (Å²) in [5.41, 5.74) is 0.882. The Morgan fingerprint density at radius 2 is 2.00 bits per heavy atom. The van der Waals surface area contributed by atoms with Crippen LogP contribution in [-0.2, 0) is 0 Å². The largest absolute Gasteiger partial charge is 0.496 e. The number of hydrogen-bond donors (Lipinski definition) is 1. The predicted octanol–water partition coefficient (Wildman–Crippen LogP) is 3.10. The lowest BCUT2D eigenvalue weighted by molar-refractivity contribution is 0.0308. The van der Waals surface area contributed by atoms with E-state index >= 15 is 0 Å². The summed E-state index contributed by atoms with van der Waals surface area (Å²) in [4.78, 5) is 2.41. The number of aliphatic hydroxyl groups is 1. The summed E-state index contributed by atoms with van der Waals surface area (Å²) in [5.74, 6) is 2.15. The zero-order valence-corrected chi connectivity index (χ0v) is 13.0. The van der Waals surface area contributed by atoms with Crippen LogP contribution in [0.3, 0.4) is 0 Å². The van der Waals surface area contributed by atoms with Crippen LogP contribution >= 0.6 is 0 Å². The second-order valence-electron chi connectivity index (χ2n) is 6.27. The van der Waals surface area contributed by atoms with E-state index in [1.54, 1.807) is 7.11 Å². The maximum atomic E-state index is 10.6. The molecule has 0 amide bonds. The fourth-order valence-electron chi connectivity index (χ4n) is 3.34. The molecule has 1 aromatic carbocycles. The summed E-state index contributed by atoms with van der Waals surface area (Å²) in [6, 6.07) is 8.26. The number of para-hydroxylation sites is 1. The third-order valence-corrected chi connectivity index (χ3v) is 4.63. The lowest BCUT2D eigenvalue weighted by Crippen LogP contribution is -2.47. The summed E-state index contributed by atoms with van der Waals surface area (Å²) in [5, 5.41) is 10.6. The van der Waals surface area contributed by atoms with Gasteiger partial charge >= 0.3 is 0 Å². The van der Waals surface area contributed by atoms with Gasteiger partial charge in [-0.3, -0.25) is 4.90 Å². The van der Waals surface area contributed by atoms with E-state index in [1.165, 1.54) is 6.42 Å². The maximum Gasteiger partial charge on any atom is 0.124 e. The number of β-amino-alcohol motifs (C(OH)–C–C–N with tert-alkyl or cyclic N) is 1. The Labute approximate surface area is 122 Å². The molecule has 0 radical (unpaired) electrons. The maximum absolute atomic E-state index is 10.6. The van der Waals surface area contributed by atoms with Gasteiger partial charge in [0.2, 0.25) is 0 Å². The van der Waals surface area contributed by atoms with Crippen molar-refractivity contribution in [2.45, 2.75) is 39.3 Å². The lowest BCUT2D eigenvalue weighted by atomic mass is 9.85. The van der Waals surface area contributed by atoms with Crippen molar-refractivity contribution < 1.29 is 9.84 Å². The molecule has 2 rings (SSSR count). The van der Waals surface area contributed by atoms with Gasteiger partial charge in [-0.25, -0.2) is 0 Å². The van der Waals surface area contributed by atoms with Gasteiger partial charge in [0.1, 0.15) is 5.75 Å².